The number of hydrogen-bond donors (Lipinski definition) is 0. The van der Waals surface area contributed by atoms with Crippen LogP contribution in [0, 0.1) is 17.3 Å². The van der Waals surface area contributed by atoms with E-state index in [9.17, 15) is 0 Å². The molecular formula is C11H22. The lowest BCUT2D eigenvalue weighted by Crippen LogP contribution is -2.24. The van der Waals surface area contributed by atoms with Crippen molar-refractivity contribution in [2.75, 3.05) is 0 Å². The van der Waals surface area contributed by atoms with Crippen LogP contribution in [0.5, 0.6) is 0 Å². The van der Waals surface area contributed by atoms with Gasteiger partial charge in [0.1, 0.15) is 0 Å². The minimum atomic E-state index is 0.286. The number of hydrogen-bond acceptors (Lipinski definition) is 0. The summed E-state index contributed by atoms with van der Waals surface area (Å²) in [6.07, 6.45) is 0. The zero-order chi connectivity index (χ0) is 9.23. The quantitative estimate of drug-likeness (QED) is 0.541. The summed E-state index contributed by atoms with van der Waals surface area (Å²) in [5.74, 6) is 1.28. The molecule has 0 atom stereocenters. The van der Waals surface area contributed by atoms with Crippen LogP contribution >= 0.6 is 0 Å². The Morgan fingerprint density at radius 2 is 1.45 bits per heavy atom. The predicted octanol–water partition coefficient (Wildman–Crippen LogP) is 3.88. The van der Waals surface area contributed by atoms with Gasteiger partial charge in [0.2, 0.25) is 0 Å². The zero-order valence-corrected chi connectivity index (χ0v) is 8.86. The second-order valence-corrected chi connectivity index (χ2v) is 4.56. The molecule has 0 amide bonds. The third kappa shape index (κ3) is 2.36. The van der Waals surface area contributed by atoms with Crippen molar-refractivity contribution in [2.24, 2.45) is 17.3 Å². The van der Waals surface area contributed by atoms with Crippen LogP contribution in [0.1, 0.15) is 41.5 Å². The standard InChI is InChI=1S/C11H22/c1-8(2)10(5)11(6,7)9(3)4/h8-9H,5H2,1-4,6-7H3. The van der Waals surface area contributed by atoms with E-state index < -0.39 is 0 Å². The van der Waals surface area contributed by atoms with Crippen LogP contribution in [0.2, 0.25) is 0 Å². The Labute approximate surface area is 71.7 Å². The molecule has 0 saturated carbocycles. The molecule has 0 saturated heterocycles. The first-order valence-corrected chi connectivity index (χ1v) is 4.49. The fourth-order valence-electron chi connectivity index (χ4n) is 1.11. The molecule has 0 N–H and O–H groups in total. The Bertz CT molecular complexity index is 138. The molecule has 0 nitrogen and oxygen atoms in total. The van der Waals surface area contributed by atoms with Gasteiger partial charge in [-0.15, -0.1) is 0 Å². The Morgan fingerprint density at radius 3 is 1.55 bits per heavy atom. The molecule has 0 aromatic heterocycles. The van der Waals surface area contributed by atoms with Gasteiger partial charge in [-0.1, -0.05) is 53.7 Å². The fraction of sp³-hybridized carbons (Fsp3) is 0.818. The highest BCUT2D eigenvalue weighted by Crippen LogP contribution is 2.37. The van der Waals surface area contributed by atoms with Crippen LogP contribution in [-0.4, -0.2) is 0 Å². The molecule has 0 aliphatic carbocycles. The van der Waals surface area contributed by atoms with E-state index in [1.54, 1.807) is 0 Å². The summed E-state index contributed by atoms with van der Waals surface area (Å²) in [5.41, 5.74) is 1.65. The van der Waals surface area contributed by atoms with Crippen molar-refractivity contribution in [3.63, 3.8) is 0 Å². The van der Waals surface area contributed by atoms with E-state index in [2.05, 4.69) is 48.1 Å². The van der Waals surface area contributed by atoms with Crippen molar-refractivity contribution in [1.29, 1.82) is 0 Å². The average molecular weight is 154 g/mol. The molecule has 0 aliphatic heterocycles. The molecule has 0 fully saturated rings. The third-order valence-electron chi connectivity index (χ3n) is 2.97. The SMILES string of the molecule is C=C(C(C)C)C(C)(C)C(C)C. The van der Waals surface area contributed by atoms with Crippen molar-refractivity contribution >= 4 is 0 Å². The highest BCUT2D eigenvalue weighted by molar-refractivity contribution is 5.10. The van der Waals surface area contributed by atoms with Gasteiger partial charge >= 0.3 is 0 Å². The maximum absolute atomic E-state index is 4.15. The summed E-state index contributed by atoms with van der Waals surface area (Å²) in [6, 6.07) is 0. The van der Waals surface area contributed by atoms with E-state index in [0.717, 1.165) is 0 Å². The molecule has 0 heterocycles. The largest absolute Gasteiger partial charge is 0.0991 e. The van der Waals surface area contributed by atoms with Gasteiger partial charge in [-0.3, -0.25) is 0 Å². The molecule has 66 valence electrons. The van der Waals surface area contributed by atoms with E-state index in [1.807, 2.05) is 0 Å². The lowest BCUT2D eigenvalue weighted by molar-refractivity contribution is 0.288. The van der Waals surface area contributed by atoms with E-state index in [0.29, 0.717) is 11.8 Å². The van der Waals surface area contributed by atoms with Crippen molar-refractivity contribution in [3.05, 3.63) is 12.2 Å². The maximum Gasteiger partial charge on any atom is -0.0122 e. The normalized spacial score (nSPS) is 12.7. The Hall–Kier alpha value is -0.260. The molecule has 0 aliphatic rings. The molecule has 0 heteroatoms. The molecule has 0 aromatic rings. The van der Waals surface area contributed by atoms with Crippen molar-refractivity contribution in [2.45, 2.75) is 41.5 Å². The molecule has 0 spiro atoms. The smallest absolute Gasteiger partial charge is 0.0122 e. The lowest BCUT2D eigenvalue weighted by Gasteiger charge is -2.34. The zero-order valence-electron chi connectivity index (χ0n) is 8.86. The van der Waals surface area contributed by atoms with Gasteiger partial charge < -0.3 is 0 Å². The first-order chi connectivity index (χ1) is 4.80. The minimum Gasteiger partial charge on any atom is -0.0991 e. The molecule has 0 radical (unpaired) electrons. The van der Waals surface area contributed by atoms with Crippen molar-refractivity contribution < 1.29 is 0 Å². The van der Waals surface area contributed by atoms with Crippen LogP contribution in [0.15, 0.2) is 12.2 Å². The monoisotopic (exact) mass is 154 g/mol. The summed E-state index contributed by atoms with van der Waals surface area (Å²) in [5, 5.41) is 0. The minimum absolute atomic E-state index is 0.286. The fourth-order valence-corrected chi connectivity index (χ4v) is 1.11. The van der Waals surface area contributed by atoms with Gasteiger partial charge in [-0.05, 0) is 17.3 Å². The van der Waals surface area contributed by atoms with E-state index >= 15 is 0 Å². The number of allylic oxidation sites excluding steroid dienone is 1. The second kappa shape index (κ2) is 3.42. The van der Waals surface area contributed by atoms with Gasteiger partial charge in [0, 0.05) is 0 Å². The van der Waals surface area contributed by atoms with Crippen molar-refractivity contribution in [3.8, 4) is 0 Å². The van der Waals surface area contributed by atoms with Gasteiger partial charge in [-0.2, -0.15) is 0 Å². The third-order valence-corrected chi connectivity index (χ3v) is 2.97. The summed E-state index contributed by atoms with van der Waals surface area (Å²) >= 11 is 0. The molecular weight excluding hydrogens is 132 g/mol. The van der Waals surface area contributed by atoms with E-state index in [4.69, 9.17) is 0 Å². The Morgan fingerprint density at radius 1 is 1.09 bits per heavy atom. The average Bonchev–Trinajstić information content (AvgIpc) is 1.85. The van der Waals surface area contributed by atoms with E-state index in [-0.39, 0.29) is 5.41 Å². The van der Waals surface area contributed by atoms with Gasteiger partial charge in [0.05, 0.1) is 0 Å². The van der Waals surface area contributed by atoms with Gasteiger partial charge in [0.15, 0.2) is 0 Å². The molecule has 0 unspecified atom stereocenters. The highest BCUT2D eigenvalue weighted by Gasteiger charge is 2.26. The van der Waals surface area contributed by atoms with Gasteiger partial charge in [0.25, 0.3) is 0 Å². The first-order valence-electron chi connectivity index (χ1n) is 4.49. The van der Waals surface area contributed by atoms with Crippen LogP contribution in [0.25, 0.3) is 0 Å². The highest BCUT2D eigenvalue weighted by atomic mass is 14.3. The molecule has 11 heavy (non-hydrogen) atoms. The van der Waals surface area contributed by atoms with E-state index in [1.165, 1.54) is 5.57 Å². The first kappa shape index (κ1) is 10.7. The van der Waals surface area contributed by atoms with Crippen LogP contribution in [0.4, 0.5) is 0 Å². The summed E-state index contributed by atoms with van der Waals surface area (Å²) in [7, 11) is 0. The topological polar surface area (TPSA) is 0 Å². The molecule has 0 aromatic carbocycles. The summed E-state index contributed by atoms with van der Waals surface area (Å²) < 4.78 is 0. The molecule has 0 bridgehead atoms. The van der Waals surface area contributed by atoms with Crippen LogP contribution < -0.4 is 0 Å². The Kier molecular flexibility index (Phi) is 3.34. The summed E-state index contributed by atoms with van der Waals surface area (Å²) in [4.78, 5) is 0. The molecule has 0 rings (SSSR count). The van der Waals surface area contributed by atoms with Crippen molar-refractivity contribution in [1.82, 2.24) is 0 Å². The number of rotatable bonds is 3. The maximum atomic E-state index is 4.15. The predicted molar refractivity (Wildman–Crippen MR) is 52.6 cm³/mol. The van der Waals surface area contributed by atoms with Gasteiger partial charge in [-0.25, -0.2) is 0 Å². The lowest BCUT2D eigenvalue weighted by atomic mass is 9.72. The van der Waals surface area contributed by atoms with Crippen LogP contribution in [-0.2, 0) is 0 Å². The summed E-state index contributed by atoms with van der Waals surface area (Å²) in [6.45, 7) is 17.6. The second-order valence-electron chi connectivity index (χ2n) is 4.56. The van der Waals surface area contributed by atoms with Crippen LogP contribution in [0.3, 0.4) is 0 Å². The Balaban J connectivity index is 4.43.